The molecule has 0 aliphatic carbocycles. The molecule has 7 heteroatoms. The van der Waals surface area contributed by atoms with Crippen molar-refractivity contribution in [3.05, 3.63) is 33.9 Å². The molecule has 0 aliphatic rings. The number of nitro groups is 1. The van der Waals surface area contributed by atoms with Crippen LogP contribution in [-0.4, -0.2) is 28.5 Å². The number of hydrogen-bond donors (Lipinski definition) is 1. The van der Waals surface area contributed by atoms with Gasteiger partial charge in [0.05, 0.1) is 4.92 Å². The molecule has 0 aromatic heterocycles. The Morgan fingerprint density at radius 2 is 2.10 bits per heavy atom. The molecule has 0 aliphatic heterocycles. The molecule has 1 atom stereocenters. The summed E-state index contributed by atoms with van der Waals surface area (Å²) in [6.45, 7) is 5.27. The lowest BCUT2D eigenvalue weighted by atomic mass is 10.0. The lowest BCUT2D eigenvalue weighted by Gasteiger charge is -2.26. The molecule has 0 saturated heterocycles. The maximum Gasteiger partial charge on any atom is 0.326 e. The molecular weight excluding hydrogens is 276 g/mol. The van der Waals surface area contributed by atoms with Gasteiger partial charge >= 0.3 is 5.97 Å². The summed E-state index contributed by atoms with van der Waals surface area (Å²) in [5.74, 6) is -1.01. The topological polar surface area (TPSA) is 101 Å². The van der Waals surface area contributed by atoms with Crippen LogP contribution in [0.25, 0.3) is 0 Å². The SMILES string of the molecule is Cc1cc(N(C=O)C(CC(C)C)C(=O)O)ccc1[N+](=O)[O-]. The van der Waals surface area contributed by atoms with E-state index in [1.165, 1.54) is 18.2 Å². The molecule has 1 rings (SSSR count). The van der Waals surface area contributed by atoms with Gasteiger partial charge in [0.25, 0.3) is 5.69 Å². The maximum atomic E-state index is 11.4. The Kier molecular flexibility index (Phi) is 5.40. The van der Waals surface area contributed by atoms with E-state index in [-0.39, 0.29) is 11.6 Å². The number of carboxylic acid groups (broad SMARTS) is 1. The van der Waals surface area contributed by atoms with Gasteiger partial charge in [-0.15, -0.1) is 0 Å². The average molecular weight is 294 g/mol. The van der Waals surface area contributed by atoms with Crippen molar-refractivity contribution in [2.45, 2.75) is 33.2 Å². The number of aliphatic carboxylic acids is 1. The number of carbonyl (C=O) groups excluding carboxylic acids is 1. The Morgan fingerprint density at radius 3 is 2.48 bits per heavy atom. The Hall–Kier alpha value is -2.44. The van der Waals surface area contributed by atoms with Crippen LogP contribution in [0.3, 0.4) is 0 Å². The predicted molar refractivity (Wildman–Crippen MR) is 77.3 cm³/mol. The van der Waals surface area contributed by atoms with Gasteiger partial charge in [-0.1, -0.05) is 13.8 Å². The highest BCUT2D eigenvalue weighted by Gasteiger charge is 2.27. The maximum absolute atomic E-state index is 11.4. The Labute approximate surface area is 122 Å². The van der Waals surface area contributed by atoms with Crippen LogP contribution in [0.2, 0.25) is 0 Å². The highest BCUT2D eigenvalue weighted by Crippen LogP contribution is 2.26. The highest BCUT2D eigenvalue weighted by molar-refractivity contribution is 5.88. The summed E-state index contributed by atoms with van der Waals surface area (Å²) in [4.78, 5) is 34.0. The molecule has 0 bridgehead atoms. The predicted octanol–water partition coefficient (Wildman–Crippen LogP) is 2.37. The van der Waals surface area contributed by atoms with Crippen LogP contribution in [-0.2, 0) is 9.59 Å². The number of carbonyl (C=O) groups is 2. The largest absolute Gasteiger partial charge is 0.480 e. The first-order valence-corrected chi connectivity index (χ1v) is 6.49. The van der Waals surface area contributed by atoms with Crippen LogP contribution in [0, 0.1) is 23.0 Å². The summed E-state index contributed by atoms with van der Waals surface area (Å²) < 4.78 is 0. The van der Waals surface area contributed by atoms with Crippen molar-refractivity contribution < 1.29 is 19.6 Å². The van der Waals surface area contributed by atoms with Gasteiger partial charge in [-0.3, -0.25) is 14.9 Å². The van der Waals surface area contributed by atoms with E-state index < -0.39 is 16.9 Å². The molecule has 1 aromatic carbocycles. The van der Waals surface area contributed by atoms with E-state index in [1.807, 2.05) is 13.8 Å². The zero-order valence-electron chi connectivity index (χ0n) is 12.1. The Balaban J connectivity index is 3.19. The van der Waals surface area contributed by atoms with Gasteiger partial charge in [-0.25, -0.2) is 4.79 Å². The van der Waals surface area contributed by atoms with Crippen molar-refractivity contribution in [2.24, 2.45) is 5.92 Å². The summed E-state index contributed by atoms with van der Waals surface area (Å²) in [5.41, 5.74) is 0.638. The van der Waals surface area contributed by atoms with Crippen LogP contribution in [0.1, 0.15) is 25.8 Å². The first-order valence-electron chi connectivity index (χ1n) is 6.49. The van der Waals surface area contributed by atoms with Crippen molar-refractivity contribution in [1.29, 1.82) is 0 Å². The zero-order chi connectivity index (χ0) is 16.2. The second-order valence-electron chi connectivity index (χ2n) is 5.22. The third-order valence-electron chi connectivity index (χ3n) is 3.10. The number of anilines is 1. The van der Waals surface area contributed by atoms with Gasteiger partial charge in [0.15, 0.2) is 0 Å². The number of hydrogen-bond acceptors (Lipinski definition) is 4. The van der Waals surface area contributed by atoms with Gasteiger partial charge in [0.1, 0.15) is 6.04 Å². The van der Waals surface area contributed by atoms with E-state index in [9.17, 15) is 24.8 Å². The van der Waals surface area contributed by atoms with Crippen molar-refractivity contribution in [2.75, 3.05) is 4.90 Å². The van der Waals surface area contributed by atoms with Gasteiger partial charge in [0, 0.05) is 17.3 Å². The van der Waals surface area contributed by atoms with Gasteiger partial charge in [-0.05, 0) is 31.4 Å². The van der Waals surface area contributed by atoms with E-state index in [0.717, 1.165) is 4.90 Å². The minimum absolute atomic E-state index is 0.0691. The zero-order valence-corrected chi connectivity index (χ0v) is 12.1. The monoisotopic (exact) mass is 294 g/mol. The molecule has 1 unspecified atom stereocenters. The normalized spacial score (nSPS) is 12.0. The summed E-state index contributed by atoms with van der Waals surface area (Å²) in [7, 11) is 0. The van der Waals surface area contributed by atoms with E-state index in [2.05, 4.69) is 0 Å². The molecule has 0 saturated carbocycles. The number of nitrogens with zero attached hydrogens (tertiary/aromatic N) is 2. The minimum atomic E-state index is -1.10. The first kappa shape index (κ1) is 16.6. The first-order chi connectivity index (χ1) is 9.77. The minimum Gasteiger partial charge on any atom is -0.480 e. The number of aryl methyl sites for hydroxylation is 1. The van der Waals surface area contributed by atoms with Gasteiger partial charge in [-0.2, -0.15) is 0 Å². The molecule has 0 spiro atoms. The lowest BCUT2D eigenvalue weighted by molar-refractivity contribution is -0.385. The van der Waals surface area contributed by atoms with E-state index in [0.29, 0.717) is 24.1 Å². The Bertz CT molecular complexity index is 556. The number of benzene rings is 1. The number of rotatable bonds is 7. The van der Waals surface area contributed by atoms with Crippen molar-refractivity contribution in [1.82, 2.24) is 0 Å². The average Bonchev–Trinajstić information content (AvgIpc) is 2.37. The molecule has 7 nitrogen and oxygen atoms in total. The molecule has 0 radical (unpaired) electrons. The summed E-state index contributed by atoms with van der Waals surface area (Å²) >= 11 is 0. The van der Waals surface area contributed by atoms with Crippen molar-refractivity contribution >= 4 is 23.8 Å². The van der Waals surface area contributed by atoms with Crippen LogP contribution < -0.4 is 4.90 Å². The second-order valence-corrected chi connectivity index (χ2v) is 5.22. The van der Waals surface area contributed by atoms with Gasteiger partial charge in [0.2, 0.25) is 6.41 Å². The fourth-order valence-electron chi connectivity index (χ4n) is 2.10. The standard InChI is InChI=1S/C14H18N2O5/c1-9(2)6-13(14(18)19)15(8-17)11-4-5-12(16(20)21)10(3)7-11/h4-5,7-9,13H,6H2,1-3H3,(H,18,19). The van der Waals surface area contributed by atoms with Crippen molar-refractivity contribution in [3.63, 3.8) is 0 Å². The van der Waals surface area contributed by atoms with Crippen molar-refractivity contribution in [3.8, 4) is 0 Å². The molecule has 114 valence electrons. The fourth-order valence-corrected chi connectivity index (χ4v) is 2.10. The lowest BCUT2D eigenvalue weighted by Crippen LogP contribution is -2.41. The number of nitro benzene ring substituents is 1. The summed E-state index contributed by atoms with van der Waals surface area (Å²) in [5, 5.41) is 20.1. The third-order valence-corrected chi connectivity index (χ3v) is 3.10. The van der Waals surface area contributed by atoms with E-state index in [4.69, 9.17) is 0 Å². The quantitative estimate of drug-likeness (QED) is 0.472. The van der Waals surface area contributed by atoms with E-state index >= 15 is 0 Å². The number of amides is 1. The molecular formula is C14H18N2O5. The summed E-state index contributed by atoms with van der Waals surface area (Å²) in [6, 6.07) is 3.11. The van der Waals surface area contributed by atoms with Crippen LogP contribution in [0.5, 0.6) is 0 Å². The summed E-state index contributed by atoms with van der Waals surface area (Å²) in [6.07, 6.45) is 0.742. The van der Waals surface area contributed by atoms with Gasteiger partial charge < -0.3 is 10.0 Å². The van der Waals surface area contributed by atoms with Crippen LogP contribution >= 0.6 is 0 Å². The number of carboxylic acids is 1. The third kappa shape index (κ3) is 4.01. The van der Waals surface area contributed by atoms with E-state index in [1.54, 1.807) is 6.92 Å². The smallest absolute Gasteiger partial charge is 0.326 e. The molecule has 0 fully saturated rings. The molecule has 1 N–H and O–H groups in total. The fraction of sp³-hybridized carbons (Fsp3) is 0.429. The molecule has 1 aromatic rings. The highest BCUT2D eigenvalue weighted by atomic mass is 16.6. The molecule has 0 heterocycles. The molecule has 1 amide bonds. The van der Waals surface area contributed by atoms with Crippen LogP contribution in [0.15, 0.2) is 18.2 Å². The molecule has 21 heavy (non-hydrogen) atoms. The Morgan fingerprint density at radius 1 is 1.48 bits per heavy atom. The second kappa shape index (κ2) is 6.83. The van der Waals surface area contributed by atoms with Crippen LogP contribution in [0.4, 0.5) is 11.4 Å².